The SMILES string of the molecule is Cc1nc(C(CC(C)C)NC(=O)C2CCC(=O)N2c2ccccc2)sc1C. The summed E-state index contributed by atoms with van der Waals surface area (Å²) in [7, 11) is 0. The molecule has 2 aromatic rings. The van der Waals surface area contributed by atoms with Crippen molar-refractivity contribution < 1.29 is 9.59 Å². The number of aryl methyl sites for hydroxylation is 2. The monoisotopic (exact) mass is 385 g/mol. The molecule has 2 heterocycles. The van der Waals surface area contributed by atoms with Gasteiger partial charge in [0, 0.05) is 17.0 Å². The maximum Gasteiger partial charge on any atom is 0.243 e. The average Bonchev–Trinajstić information content (AvgIpc) is 3.17. The first kappa shape index (κ1) is 19.5. The van der Waals surface area contributed by atoms with Crippen molar-refractivity contribution in [1.82, 2.24) is 10.3 Å². The molecule has 0 saturated carbocycles. The Morgan fingerprint density at radius 2 is 2.00 bits per heavy atom. The van der Waals surface area contributed by atoms with Crippen LogP contribution in [0.3, 0.4) is 0 Å². The van der Waals surface area contributed by atoms with Gasteiger partial charge in [0.1, 0.15) is 11.0 Å². The van der Waals surface area contributed by atoms with Crippen LogP contribution in [-0.2, 0) is 9.59 Å². The number of amides is 2. The van der Waals surface area contributed by atoms with Crippen molar-refractivity contribution in [2.45, 2.75) is 59.0 Å². The van der Waals surface area contributed by atoms with Crippen LogP contribution < -0.4 is 10.2 Å². The van der Waals surface area contributed by atoms with Gasteiger partial charge in [-0.2, -0.15) is 0 Å². The highest BCUT2D eigenvalue weighted by molar-refractivity contribution is 7.11. The predicted octanol–water partition coefficient (Wildman–Crippen LogP) is 4.16. The second-order valence-electron chi connectivity index (χ2n) is 7.54. The summed E-state index contributed by atoms with van der Waals surface area (Å²) in [5.74, 6) is 0.332. The Balaban J connectivity index is 1.81. The van der Waals surface area contributed by atoms with Gasteiger partial charge in [0.2, 0.25) is 11.8 Å². The summed E-state index contributed by atoms with van der Waals surface area (Å²) < 4.78 is 0. The van der Waals surface area contributed by atoms with Crippen molar-refractivity contribution >= 4 is 28.8 Å². The van der Waals surface area contributed by atoms with E-state index in [2.05, 4.69) is 31.1 Å². The van der Waals surface area contributed by atoms with Gasteiger partial charge in [-0.05, 0) is 44.7 Å². The number of nitrogens with one attached hydrogen (secondary N) is 1. The topological polar surface area (TPSA) is 62.3 Å². The first-order valence-corrected chi connectivity index (χ1v) is 10.3. The zero-order valence-electron chi connectivity index (χ0n) is 16.4. The minimum atomic E-state index is -0.461. The predicted molar refractivity (Wildman–Crippen MR) is 109 cm³/mol. The fraction of sp³-hybridized carbons (Fsp3) is 0.476. The number of hydrogen-bond acceptors (Lipinski definition) is 4. The van der Waals surface area contributed by atoms with Crippen molar-refractivity contribution in [2.24, 2.45) is 5.92 Å². The van der Waals surface area contributed by atoms with Crippen LogP contribution in [0.15, 0.2) is 30.3 Å². The first-order chi connectivity index (χ1) is 12.9. The molecule has 144 valence electrons. The molecule has 1 fully saturated rings. The zero-order valence-corrected chi connectivity index (χ0v) is 17.2. The Bertz CT molecular complexity index is 797. The molecule has 1 aromatic carbocycles. The van der Waals surface area contributed by atoms with E-state index in [4.69, 9.17) is 0 Å². The van der Waals surface area contributed by atoms with Crippen molar-refractivity contribution in [2.75, 3.05) is 4.90 Å². The number of hydrogen-bond donors (Lipinski definition) is 1. The molecule has 1 saturated heterocycles. The summed E-state index contributed by atoms with van der Waals surface area (Å²) >= 11 is 1.64. The van der Waals surface area contributed by atoms with E-state index < -0.39 is 6.04 Å². The molecule has 0 bridgehead atoms. The standard InChI is InChI=1S/C21H27N3O2S/c1-13(2)12-17(21-22-14(3)15(4)27-21)23-20(26)18-10-11-19(25)24(18)16-8-6-5-7-9-16/h5-9,13,17-18H,10-12H2,1-4H3,(H,23,26). The number of carbonyl (C=O) groups is 2. The van der Waals surface area contributed by atoms with Crippen LogP contribution in [0.2, 0.25) is 0 Å². The van der Waals surface area contributed by atoms with Crippen LogP contribution in [0.5, 0.6) is 0 Å². The number of carbonyl (C=O) groups excluding carboxylic acids is 2. The molecule has 2 atom stereocenters. The van der Waals surface area contributed by atoms with Crippen LogP contribution in [0.4, 0.5) is 5.69 Å². The highest BCUT2D eigenvalue weighted by Crippen LogP contribution is 2.30. The number of benzene rings is 1. The number of thiazole rings is 1. The smallest absolute Gasteiger partial charge is 0.243 e. The van der Waals surface area contributed by atoms with E-state index in [1.165, 1.54) is 4.88 Å². The van der Waals surface area contributed by atoms with E-state index in [-0.39, 0.29) is 17.9 Å². The Labute approximate surface area is 164 Å². The zero-order chi connectivity index (χ0) is 19.6. The summed E-state index contributed by atoms with van der Waals surface area (Å²) in [4.78, 5) is 33.0. The molecular formula is C21H27N3O2S. The molecule has 5 nitrogen and oxygen atoms in total. The Kier molecular flexibility index (Phi) is 5.95. The molecule has 2 amide bonds. The molecule has 1 aliphatic heterocycles. The molecular weight excluding hydrogens is 358 g/mol. The highest BCUT2D eigenvalue weighted by Gasteiger charge is 2.38. The summed E-state index contributed by atoms with van der Waals surface area (Å²) in [5.41, 5.74) is 1.79. The molecule has 0 aliphatic carbocycles. The van der Waals surface area contributed by atoms with Gasteiger partial charge in [0.05, 0.1) is 11.7 Å². The van der Waals surface area contributed by atoms with E-state index in [0.29, 0.717) is 18.8 Å². The fourth-order valence-electron chi connectivity index (χ4n) is 3.45. The molecule has 3 rings (SSSR count). The summed E-state index contributed by atoms with van der Waals surface area (Å²) in [6, 6.07) is 8.85. The van der Waals surface area contributed by atoms with Gasteiger partial charge in [0.25, 0.3) is 0 Å². The van der Waals surface area contributed by atoms with E-state index in [9.17, 15) is 9.59 Å². The van der Waals surface area contributed by atoms with E-state index >= 15 is 0 Å². The Morgan fingerprint density at radius 3 is 2.59 bits per heavy atom. The Hall–Kier alpha value is -2.21. The molecule has 0 radical (unpaired) electrons. The Morgan fingerprint density at radius 1 is 1.30 bits per heavy atom. The lowest BCUT2D eigenvalue weighted by Gasteiger charge is -2.26. The summed E-state index contributed by atoms with van der Waals surface area (Å²) in [6.07, 6.45) is 1.77. The van der Waals surface area contributed by atoms with Crippen LogP contribution in [0, 0.1) is 19.8 Å². The van der Waals surface area contributed by atoms with Crippen LogP contribution >= 0.6 is 11.3 Å². The second-order valence-corrected chi connectivity index (χ2v) is 8.77. The van der Waals surface area contributed by atoms with Crippen molar-refractivity contribution in [3.8, 4) is 0 Å². The largest absolute Gasteiger partial charge is 0.345 e. The highest BCUT2D eigenvalue weighted by atomic mass is 32.1. The maximum absolute atomic E-state index is 13.1. The first-order valence-electron chi connectivity index (χ1n) is 9.48. The minimum Gasteiger partial charge on any atom is -0.345 e. The van der Waals surface area contributed by atoms with Crippen molar-refractivity contribution in [3.63, 3.8) is 0 Å². The third-order valence-electron chi connectivity index (χ3n) is 4.92. The van der Waals surface area contributed by atoms with E-state index in [1.54, 1.807) is 16.2 Å². The lowest BCUT2D eigenvalue weighted by atomic mass is 10.0. The van der Waals surface area contributed by atoms with Gasteiger partial charge in [0.15, 0.2) is 0 Å². The van der Waals surface area contributed by atoms with Crippen LogP contribution in [0.25, 0.3) is 0 Å². The minimum absolute atomic E-state index is 0.00250. The quantitative estimate of drug-likeness (QED) is 0.812. The van der Waals surface area contributed by atoms with Gasteiger partial charge >= 0.3 is 0 Å². The molecule has 27 heavy (non-hydrogen) atoms. The average molecular weight is 386 g/mol. The van der Waals surface area contributed by atoms with E-state index in [0.717, 1.165) is 22.8 Å². The number of rotatable bonds is 6. The van der Waals surface area contributed by atoms with Gasteiger partial charge in [-0.3, -0.25) is 14.5 Å². The molecule has 1 aromatic heterocycles. The molecule has 0 spiro atoms. The second kappa shape index (κ2) is 8.21. The molecule has 6 heteroatoms. The van der Waals surface area contributed by atoms with Crippen molar-refractivity contribution in [1.29, 1.82) is 0 Å². The van der Waals surface area contributed by atoms with Gasteiger partial charge in [-0.15, -0.1) is 11.3 Å². The molecule has 1 N–H and O–H groups in total. The third kappa shape index (κ3) is 4.38. The van der Waals surface area contributed by atoms with Gasteiger partial charge < -0.3 is 5.32 Å². The molecule has 2 unspecified atom stereocenters. The lowest BCUT2D eigenvalue weighted by Crippen LogP contribution is -2.46. The lowest BCUT2D eigenvalue weighted by molar-refractivity contribution is -0.124. The van der Waals surface area contributed by atoms with Gasteiger partial charge in [-0.1, -0.05) is 32.0 Å². The number of para-hydroxylation sites is 1. The van der Waals surface area contributed by atoms with Gasteiger partial charge in [-0.25, -0.2) is 4.98 Å². The summed E-state index contributed by atoms with van der Waals surface area (Å²) in [6.45, 7) is 8.33. The van der Waals surface area contributed by atoms with Crippen LogP contribution in [0.1, 0.15) is 54.7 Å². The third-order valence-corrected chi connectivity index (χ3v) is 6.10. The number of anilines is 1. The summed E-state index contributed by atoms with van der Waals surface area (Å²) in [5, 5.41) is 4.13. The maximum atomic E-state index is 13.1. The normalized spacial score (nSPS) is 18.2. The fourth-order valence-corrected chi connectivity index (χ4v) is 4.44. The van der Waals surface area contributed by atoms with Crippen molar-refractivity contribution in [3.05, 3.63) is 45.9 Å². The van der Waals surface area contributed by atoms with Crippen LogP contribution in [-0.4, -0.2) is 22.8 Å². The van der Waals surface area contributed by atoms with E-state index in [1.807, 2.05) is 37.3 Å². The number of aromatic nitrogens is 1. The number of nitrogens with zero attached hydrogens (tertiary/aromatic N) is 2. The molecule has 1 aliphatic rings.